The molecule has 4 nitrogen and oxygen atoms in total. The van der Waals surface area contributed by atoms with Gasteiger partial charge in [0, 0.05) is 11.1 Å². The van der Waals surface area contributed by atoms with E-state index in [0.717, 1.165) is 11.0 Å². The lowest BCUT2D eigenvalue weighted by atomic mass is 10.3. The normalized spacial score (nSPS) is 11.3. The molecule has 0 aromatic carbocycles. The first-order chi connectivity index (χ1) is 9.85. The predicted molar refractivity (Wildman–Crippen MR) is 84.8 cm³/mol. The molecule has 0 atom stereocenters. The standard InChI is InChI=1S/C11H8Cl2F2N4S2/c1-4-7-6(12)2-5(21-13)3-19(7)11(18-4)10(17)20-9(16)8(14)15/h2-3,8,16-17H,1H3. The summed E-state index contributed by atoms with van der Waals surface area (Å²) in [5, 5.41) is 14.3. The summed E-state index contributed by atoms with van der Waals surface area (Å²) in [6.45, 7) is 1.70. The number of aryl methyl sites for hydroxylation is 1. The molecule has 0 saturated heterocycles. The molecule has 0 saturated carbocycles. The monoisotopic (exact) mass is 368 g/mol. The van der Waals surface area contributed by atoms with Crippen LogP contribution in [-0.4, -0.2) is 25.9 Å². The van der Waals surface area contributed by atoms with Crippen LogP contribution in [0.3, 0.4) is 0 Å². The number of halogens is 4. The van der Waals surface area contributed by atoms with Gasteiger partial charge in [0.15, 0.2) is 5.82 Å². The molecule has 0 spiro atoms. The summed E-state index contributed by atoms with van der Waals surface area (Å²) in [7, 11) is 6.64. The van der Waals surface area contributed by atoms with E-state index in [-0.39, 0.29) is 10.9 Å². The van der Waals surface area contributed by atoms with Gasteiger partial charge in [-0.05, 0) is 46.4 Å². The molecule has 21 heavy (non-hydrogen) atoms. The van der Waals surface area contributed by atoms with Crippen LogP contribution in [0.4, 0.5) is 8.78 Å². The summed E-state index contributed by atoms with van der Waals surface area (Å²) < 4.78 is 26.3. The summed E-state index contributed by atoms with van der Waals surface area (Å²) in [4.78, 5) is 4.81. The summed E-state index contributed by atoms with van der Waals surface area (Å²) in [6.07, 6.45) is -1.30. The van der Waals surface area contributed by atoms with Gasteiger partial charge in [-0.3, -0.25) is 15.2 Å². The fraction of sp³-hybridized carbons (Fsp3) is 0.182. The zero-order valence-corrected chi connectivity index (χ0v) is 13.6. The Morgan fingerprint density at radius 1 is 1.43 bits per heavy atom. The number of fused-ring (bicyclic) bond motifs is 1. The van der Waals surface area contributed by atoms with Gasteiger partial charge < -0.3 is 0 Å². The van der Waals surface area contributed by atoms with Crippen molar-refractivity contribution in [3.63, 3.8) is 0 Å². The maximum atomic E-state index is 12.4. The highest BCUT2D eigenvalue weighted by atomic mass is 35.7. The molecule has 2 heterocycles. The van der Waals surface area contributed by atoms with Crippen molar-refractivity contribution in [3.05, 3.63) is 28.8 Å². The van der Waals surface area contributed by atoms with Gasteiger partial charge in [0.05, 0.1) is 16.2 Å². The first-order valence-electron chi connectivity index (χ1n) is 5.45. The molecule has 0 radical (unpaired) electrons. The first-order valence-corrected chi connectivity index (χ1v) is 8.29. The van der Waals surface area contributed by atoms with Crippen LogP contribution in [-0.2, 0) is 0 Å². The summed E-state index contributed by atoms with van der Waals surface area (Å²) in [5.74, 6) is 0.146. The van der Waals surface area contributed by atoms with Gasteiger partial charge in [0.2, 0.25) is 0 Å². The molecule has 0 aliphatic rings. The second-order valence-electron chi connectivity index (χ2n) is 3.94. The molecule has 2 N–H and O–H groups in total. The second kappa shape index (κ2) is 6.51. The van der Waals surface area contributed by atoms with Crippen LogP contribution in [0.2, 0.25) is 5.02 Å². The minimum absolute atomic E-state index is 0.146. The number of thioether (sulfide) groups is 1. The average molecular weight is 369 g/mol. The van der Waals surface area contributed by atoms with E-state index in [9.17, 15) is 8.78 Å². The van der Waals surface area contributed by atoms with Gasteiger partial charge in [-0.1, -0.05) is 11.6 Å². The van der Waals surface area contributed by atoms with Gasteiger partial charge in [0.1, 0.15) is 10.1 Å². The Morgan fingerprint density at radius 3 is 2.67 bits per heavy atom. The fourth-order valence-electron chi connectivity index (χ4n) is 1.72. The molecular formula is C11H8Cl2F2N4S2. The Hall–Kier alpha value is -0.830. The fourth-order valence-corrected chi connectivity index (χ4v) is 3.23. The van der Waals surface area contributed by atoms with Crippen molar-refractivity contribution in [1.29, 1.82) is 10.8 Å². The number of nitrogens with one attached hydrogen (secondary N) is 2. The van der Waals surface area contributed by atoms with E-state index in [4.69, 9.17) is 33.1 Å². The van der Waals surface area contributed by atoms with Gasteiger partial charge in [0.25, 0.3) is 6.43 Å². The van der Waals surface area contributed by atoms with E-state index in [2.05, 4.69) is 4.98 Å². The van der Waals surface area contributed by atoms with Gasteiger partial charge in [-0.25, -0.2) is 13.8 Å². The van der Waals surface area contributed by atoms with Crippen molar-refractivity contribution in [3.8, 4) is 0 Å². The molecule has 0 amide bonds. The molecule has 0 unspecified atom stereocenters. The van der Waals surface area contributed by atoms with Gasteiger partial charge in [-0.15, -0.1) is 0 Å². The van der Waals surface area contributed by atoms with Crippen LogP contribution in [0.25, 0.3) is 5.52 Å². The van der Waals surface area contributed by atoms with Crippen molar-refractivity contribution in [2.45, 2.75) is 18.2 Å². The zero-order valence-electron chi connectivity index (χ0n) is 10.5. The third kappa shape index (κ3) is 3.33. The third-order valence-electron chi connectivity index (χ3n) is 2.54. The predicted octanol–water partition coefficient (Wildman–Crippen LogP) is 4.84. The Labute approximate surface area is 136 Å². The Balaban J connectivity index is 2.52. The van der Waals surface area contributed by atoms with E-state index >= 15 is 0 Å². The van der Waals surface area contributed by atoms with E-state index in [1.54, 1.807) is 19.2 Å². The Morgan fingerprint density at radius 2 is 2.10 bits per heavy atom. The van der Waals surface area contributed by atoms with Crippen LogP contribution >= 0.6 is 45.0 Å². The lowest BCUT2D eigenvalue weighted by Crippen LogP contribution is -2.10. The number of rotatable bonds is 3. The molecule has 0 aliphatic carbocycles. The molecule has 0 fully saturated rings. The highest BCUT2D eigenvalue weighted by Crippen LogP contribution is 2.31. The molecule has 0 aliphatic heterocycles. The number of imidazole rings is 1. The van der Waals surface area contributed by atoms with Gasteiger partial charge in [-0.2, -0.15) is 0 Å². The van der Waals surface area contributed by atoms with Crippen LogP contribution in [0.15, 0.2) is 17.2 Å². The van der Waals surface area contributed by atoms with E-state index in [1.165, 1.54) is 4.40 Å². The number of alkyl halides is 2. The van der Waals surface area contributed by atoms with Crippen LogP contribution in [0, 0.1) is 17.7 Å². The molecular weight excluding hydrogens is 361 g/mol. The minimum Gasteiger partial charge on any atom is -0.295 e. The van der Waals surface area contributed by atoms with Crippen molar-refractivity contribution in [1.82, 2.24) is 9.38 Å². The first kappa shape index (κ1) is 16.5. The largest absolute Gasteiger partial charge is 0.295 e. The summed E-state index contributed by atoms with van der Waals surface area (Å²) >= 11 is 6.51. The van der Waals surface area contributed by atoms with Crippen LogP contribution in [0.5, 0.6) is 0 Å². The zero-order chi connectivity index (χ0) is 15.7. The summed E-state index contributed by atoms with van der Waals surface area (Å²) in [6, 6.07) is 1.66. The van der Waals surface area contributed by atoms with E-state index in [1.807, 2.05) is 0 Å². The second-order valence-corrected chi connectivity index (χ2v) is 6.48. The molecule has 2 rings (SSSR count). The SMILES string of the molecule is Cc1nc(C(=N)SC(=N)C(F)F)n2cc(SCl)cc(Cl)c12. The topological polar surface area (TPSA) is 65.0 Å². The number of hydrogen-bond acceptors (Lipinski definition) is 5. The minimum atomic E-state index is -2.92. The number of pyridine rings is 1. The smallest absolute Gasteiger partial charge is 0.285 e. The average Bonchev–Trinajstić information content (AvgIpc) is 2.76. The van der Waals surface area contributed by atoms with E-state index in [0.29, 0.717) is 32.9 Å². The van der Waals surface area contributed by atoms with Crippen LogP contribution in [0.1, 0.15) is 11.5 Å². The molecule has 2 aromatic heterocycles. The molecule has 2 aromatic rings. The van der Waals surface area contributed by atoms with Crippen molar-refractivity contribution >= 4 is 60.6 Å². The summed E-state index contributed by atoms with van der Waals surface area (Å²) in [5.41, 5.74) is 1.14. The highest BCUT2D eigenvalue weighted by molar-refractivity contribution is 8.26. The quantitative estimate of drug-likeness (QED) is 0.601. The maximum absolute atomic E-state index is 12.4. The van der Waals surface area contributed by atoms with Crippen LogP contribution < -0.4 is 0 Å². The van der Waals surface area contributed by atoms with Crippen molar-refractivity contribution < 1.29 is 8.78 Å². The van der Waals surface area contributed by atoms with Crippen molar-refractivity contribution in [2.24, 2.45) is 0 Å². The van der Waals surface area contributed by atoms with Gasteiger partial charge >= 0.3 is 0 Å². The molecule has 10 heteroatoms. The molecule has 112 valence electrons. The Kier molecular flexibility index (Phi) is 5.13. The number of nitrogens with zero attached hydrogens (tertiary/aromatic N) is 2. The lowest BCUT2D eigenvalue weighted by Gasteiger charge is -2.06. The van der Waals surface area contributed by atoms with E-state index < -0.39 is 11.5 Å². The Bertz CT molecular complexity index is 733. The highest BCUT2D eigenvalue weighted by Gasteiger charge is 2.20. The number of hydrogen-bond donors (Lipinski definition) is 2. The van der Waals surface area contributed by atoms with Crippen molar-refractivity contribution in [2.75, 3.05) is 0 Å². The number of aromatic nitrogens is 2. The lowest BCUT2D eigenvalue weighted by molar-refractivity contribution is 0.228. The third-order valence-corrected chi connectivity index (χ3v) is 4.55. The maximum Gasteiger partial charge on any atom is 0.285 e. The molecule has 0 bridgehead atoms.